The summed E-state index contributed by atoms with van der Waals surface area (Å²) in [6, 6.07) is 10.8. The Morgan fingerprint density at radius 2 is 1.85 bits per heavy atom. The molecule has 110 valence electrons. The summed E-state index contributed by atoms with van der Waals surface area (Å²) in [5, 5.41) is 3.26. The van der Waals surface area contributed by atoms with Crippen LogP contribution in [0.25, 0.3) is 0 Å². The minimum Gasteiger partial charge on any atom is -0.352 e. The molecule has 0 radical (unpaired) electrons. The van der Waals surface area contributed by atoms with E-state index in [1.165, 1.54) is 31.2 Å². The second kappa shape index (κ2) is 8.35. The molecule has 1 N–H and O–H groups in total. The number of thioether (sulfide) groups is 1. The topological polar surface area (TPSA) is 29.1 Å². The maximum atomic E-state index is 12.2. The van der Waals surface area contributed by atoms with Crippen LogP contribution in [0.1, 0.15) is 51.0 Å². The van der Waals surface area contributed by atoms with Crippen molar-refractivity contribution in [3.8, 4) is 0 Å². The van der Waals surface area contributed by atoms with Crippen LogP contribution in [0, 0.1) is 0 Å². The van der Waals surface area contributed by atoms with Crippen LogP contribution in [0.5, 0.6) is 0 Å². The van der Waals surface area contributed by atoms with Gasteiger partial charge in [-0.15, -0.1) is 11.8 Å². The van der Waals surface area contributed by atoms with Crippen LogP contribution in [0.2, 0.25) is 0 Å². The molecule has 0 aromatic heterocycles. The molecular weight excluding hydrogens is 266 g/mol. The van der Waals surface area contributed by atoms with Crippen molar-refractivity contribution in [2.45, 2.75) is 62.5 Å². The second-order valence-electron chi connectivity index (χ2n) is 5.64. The van der Waals surface area contributed by atoms with Crippen molar-refractivity contribution in [2.75, 3.05) is 0 Å². The van der Waals surface area contributed by atoms with Crippen LogP contribution in [-0.2, 0) is 10.5 Å². The summed E-state index contributed by atoms with van der Waals surface area (Å²) in [7, 11) is 0. The van der Waals surface area contributed by atoms with Gasteiger partial charge in [-0.3, -0.25) is 4.79 Å². The third kappa shape index (κ3) is 5.20. The molecule has 0 unspecified atom stereocenters. The van der Waals surface area contributed by atoms with Gasteiger partial charge in [0.05, 0.1) is 5.25 Å². The Morgan fingerprint density at radius 1 is 1.20 bits per heavy atom. The van der Waals surface area contributed by atoms with Gasteiger partial charge < -0.3 is 5.32 Å². The highest BCUT2D eigenvalue weighted by Gasteiger charge is 2.19. The van der Waals surface area contributed by atoms with E-state index in [1.807, 2.05) is 25.1 Å². The molecule has 0 heterocycles. The monoisotopic (exact) mass is 291 g/mol. The van der Waals surface area contributed by atoms with Gasteiger partial charge in [-0.05, 0) is 25.3 Å². The summed E-state index contributed by atoms with van der Waals surface area (Å²) in [5.41, 5.74) is 1.28. The summed E-state index contributed by atoms with van der Waals surface area (Å²) in [5.74, 6) is 1.11. The van der Waals surface area contributed by atoms with Crippen LogP contribution in [-0.4, -0.2) is 17.2 Å². The summed E-state index contributed by atoms with van der Waals surface area (Å²) in [6.45, 7) is 2.01. The van der Waals surface area contributed by atoms with Gasteiger partial charge in [0.2, 0.25) is 5.91 Å². The van der Waals surface area contributed by atoms with Crippen LogP contribution in [0.3, 0.4) is 0 Å². The molecule has 1 aliphatic carbocycles. The molecule has 1 saturated carbocycles. The van der Waals surface area contributed by atoms with Gasteiger partial charge >= 0.3 is 0 Å². The van der Waals surface area contributed by atoms with E-state index in [-0.39, 0.29) is 11.2 Å². The average Bonchev–Trinajstić information content (AvgIpc) is 2.74. The number of rotatable bonds is 5. The van der Waals surface area contributed by atoms with E-state index in [4.69, 9.17) is 0 Å². The van der Waals surface area contributed by atoms with E-state index in [9.17, 15) is 4.79 Å². The zero-order valence-electron chi connectivity index (χ0n) is 12.3. The maximum absolute atomic E-state index is 12.2. The molecule has 1 amide bonds. The molecule has 20 heavy (non-hydrogen) atoms. The zero-order chi connectivity index (χ0) is 14.2. The minimum atomic E-state index is 0.0264. The fourth-order valence-electron chi connectivity index (χ4n) is 2.61. The minimum absolute atomic E-state index is 0.0264. The fourth-order valence-corrected chi connectivity index (χ4v) is 3.47. The Hall–Kier alpha value is -0.960. The highest BCUT2D eigenvalue weighted by Crippen LogP contribution is 2.20. The molecule has 2 rings (SSSR count). The van der Waals surface area contributed by atoms with Gasteiger partial charge in [0.25, 0.3) is 0 Å². The van der Waals surface area contributed by atoms with Gasteiger partial charge in [0.1, 0.15) is 0 Å². The molecule has 0 aliphatic heterocycles. The Bertz CT molecular complexity index is 399. The number of nitrogens with one attached hydrogen (secondary N) is 1. The summed E-state index contributed by atoms with van der Waals surface area (Å²) < 4.78 is 0. The van der Waals surface area contributed by atoms with Crippen LogP contribution >= 0.6 is 11.8 Å². The molecule has 1 aliphatic rings. The average molecular weight is 291 g/mol. The first-order chi connectivity index (χ1) is 9.75. The van der Waals surface area contributed by atoms with E-state index >= 15 is 0 Å². The Kier molecular flexibility index (Phi) is 6.44. The standard InChI is InChI=1S/C17H25NOS/c1-14(20-13-15-9-5-4-6-10-15)17(19)18-16-11-7-2-3-8-12-16/h4-6,9-10,14,16H,2-3,7-8,11-13H2,1H3,(H,18,19)/t14-/m0/s1. The quantitative estimate of drug-likeness (QED) is 0.826. The number of hydrogen-bond donors (Lipinski definition) is 1. The van der Waals surface area contributed by atoms with Crippen molar-refractivity contribution in [3.63, 3.8) is 0 Å². The summed E-state index contributed by atoms with van der Waals surface area (Å²) in [4.78, 5) is 12.2. The molecular formula is C17H25NOS. The van der Waals surface area contributed by atoms with Crippen molar-refractivity contribution in [3.05, 3.63) is 35.9 Å². The lowest BCUT2D eigenvalue weighted by Crippen LogP contribution is -2.39. The molecule has 2 nitrogen and oxygen atoms in total. The molecule has 1 aromatic carbocycles. The lowest BCUT2D eigenvalue weighted by Gasteiger charge is -2.19. The van der Waals surface area contributed by atoms with Gasteiger partial charge in [-0.1, -0.05) is 56.0 Å². The molecule has 0 saturated heterocycles. The van der Waals surface area contributed by atoms with Gasteiger partial charge in [-0.25, -0.2) is 0 Å². The Morgan fingerprint density at radius 3 is 2.50 bits per heavy atom. The van der Waals surface area contributed by atoms with Gasteiger partial charge in [0.15, 0.2) is 0 Å². The van der Waals surface area contributed by atoms with Crippen molar-refractivity contribution in [2.24, 2.45) is 0 Å². The molecule has 1 atom stereocenters. The lowest BCUT2D eigenvalue weighted by atomic mass is 10.1. The number of benzene rings is 1. The molecule has 0 spiro atoms. The van der Waals surface area contributed by atoms with E-state index in [1.54, 1.807) is 11.8 Å². The van der Waals surface area contributed by atoms with E-state index in [2.05, 4.69) is 17.4 Å². The van der Waals surface area contributed by atoms with E-state index < -0.39 is 0 Å². The number of hydrogen-bond acceptors (Lipinski definition) is 2. The predicted molar refractivity (Wildman–Crippen MR) is 86.8 cm³/mol. The largest absolute Gasteiger partial charge is 0.352 e. The maximum Gasteiger partial charge on any atom is 0.233 e. The number of carbonyl (C=O) groups excluding carboxylic acids is 1. The Labute approximate surface area is 126 Å². The van der Waals surface area contributed by atoms with Crippen molar-refractivity contribution >= 4 is 17.7 Å². The molecule has 0 bridgehead atoms. The molecule has 1 fully saturated rings. The second-order valence-corrected chi connectivity index (χ2v) is 6.97. The first kappa shape index (κ1) is 15.4. The van der Waals surface area contributed by atoms with E-state index in [0.29, 0.717) is 6.04 Å². The molecule has 1 aromatic rings. The van der Waals surface area contributed by atoms with Crippen LogP contribution < -0.4 is 5.32 Å². The number of carbonyl (C=O) groups is 1. The predicted octanol–water partition coefficient (Wildman–Crippen LogP) is 4.15. The summed E-state index contributed by atoms with van der Waals surface area (Å²) in [6.07, 6.45) is 7.48. The zero-order valence-corrected chi connectivity index (χ0v) is 13.1. The summed E-state index contributed by atoms with van der Waals surface area (Å²) >= 11 is 1.72. The van der Waals surface area contributed by atoms with Crippen molar-refractivity contribution < 1.29 is 4.79 Å². The first-order valence-corrected chi connectivity index (χ1v) is 8.76. The van der Waals surface area contributed by atoms with Crippen LogP contribution in [0.15, 0.2) is 30.3 Å². The highest BCUT2D eigenvalue weighted by molar-refractivity contribution is 7.99. The van der Waals surface area contributed by atoms with Crippen LogP contribution in [0.4, 0.5) is 0 Å². The Balaban J connectivity index is 1.73. The smallest absolute Gasteiger partial charge is 0.233 e. The van der Waals surface area contributed by atoms with Gasteiger partial charge in [-0.2, -0.15) is 0 Å². The lowest BCUT2D eigenvalue weighted by molar-refractivity contribution is -0.121. The van der Waals surface area contributed by atoms with Crippen molar-refractivity contribution in [1.29, 1.82) is 0 Å². The highest BCUT2D eigenvalue weighted by atomic mass is 32.2. The normalized spacial score (nSPS) is 18.2. The SMILES string of the molecule is C[C@H](SCc1ccccc1)C(=O)NC1CCCCCC1. The third-order valence-corrected chi connectivity index (χ3v) is 5.13. The molecule has 3 heteroatoms. The third-order valence-electron chi connectivity index (χ3n) is 3.91. The van der Waals surface area contributed by atoms with Crippen molar-refractivity contribution in [1.82, 2.24) is 5.32 Å². The first-order valence-electron chi connectivity index (χ1n) is 7.71. The van der Waals surface area contributed by atoms with E-state index in [0.717, 1.165) is 18.6 Å². The number of amides is 1. The van der Waals surface area contributed by atoms with Gasteiger partial charge in [0, 0.05) is 11.8 Å². The fraction of sp³-hybridized carbons (Fsp3) is 0.588.